The molecule has 0 saturated carbocycles. The van der Waals surface area contributed by atoms with Gasteiger partial charge in [-0.2, -0.15) is 0 Å². The molecule has 1 aromatic carbocycles. The van der Waals surface area contributed by atoms with E-state index in [-0.39, 0.29) is 17.6 Å². The second-order valence-corrected chi connectivity index (χ2v) is 5.46. The fraction of sp³-hybridized carbons (Fsp3) is 0.467. The molecule has 1 saturated heterocycles. The summed E-state index contributed by atoms with van der Waals surface area (Å²) in [4.78, 5) is 25.3. The summed E-state index contributed by atoms with van der Waals surface area (Å²) >= 11 is 0. The third kappa shape index (κ3) is 2.89. The zero-order valence-corrected chi connectivity index (χ0v) is 11.9. The van der Waals surface area contributed by atoms with Gasteiger partial charge in [-0.15, -0.1) is 0 Å². The third-order valence-electron chi connectivity index (χ3n) is 3.95. The van der Waals surface area contributed by atoms with Gasteiger partial charge >= 0.3 is 5.97 Å². The maximum absolute atomic E-state index is 13.4. The van der Waals surface area contributed by atoms with E-state index in [1.54, 1.807) is 4.90 Å². The lowest BCUT2D eigenvalue weighted by atomic mass is 9.95. The zero-order valence-electron chi connectivity index (χ0n) is 11.9. The van der Waals surface area contributed by atoms with Crippen LogP contribution in [0.2, 0.25) is 0 Å². The van der Waals surface area contributed by atoms with Gasteiger partial charge in [0.05, 0.1) is 11.1 Å². The van der Waals surface area contributed by atoms with E-state index in [0.29, 0.717) is 12.1 Å². The summed E-state index contributed by atoms with van der Waals surface area (Å²) in [6.07, 6.45) is 2.60. The molecule has 1 aliphatic rings. The molecule has 1 fully saturated rings. The number of carboxylic acid groups (broad SMARTS) is 1. The predicted molar refractivity (Wildman–Crippen MR) is 72.3 cm³/mol. The van der Waals surface area contributed by atoms with Gasteiger partial charge in [0.1, 0.15) is 0 Å². The van der Waals surface area contributed by atoms with Gasteiger partial charge in [0, 0.05) is 12.1 Å². The van der Waals surface area contributed by atoms with E-state index in [0.717, 1.165) is 19.3 Å². The normalized spacial score (nSPS) is 22.2. The van der Waals surface area contributed by atoms with Crippen LogP contribution in [0, 0.1) is 11.6 Å². The van der Waals surface area contributed by atoms with Gasteiger partial charge in [-0.25, -0.2) is 13.6 Å². The van der Waals surface area contributed by atoms with Crippen molar-refractivity contribution in [1.29, 1.82) is 0 Å². The van der Waals surface area contributed by atoms with Gasteiger partial charge in [-0.05, 0) is 45.2 Å². The van der Waals surface area contributed by atoms with Crippen LogP contribution in [0.4, 0.5) is 8.78 Å². The van der Waals surface area contributed by atoms with Gasteiger partial charge in [0.15, 0.2) is 11.6 Å². The number of carboxylic acids is 1. The van der Waals surface area contributed by atoms with E-state index in [2.05, 4.69) is 0 Å². The lowest BCUT2D eigenvalue weighted by Gasteiger charge is -2.39. The Morgan fingerprint density at radius 1 is 1.10 bits per heavy atom. The molecular weight excluding hydrogens is 280 g/mol. The van der Waals surface area contributed by atoms with Crippen LogP contribution in [0.15, 0.2) is 12.1 Å². The highest BCUT2D eigenvalue weighted by molar-refractivity contribution is 6.05. The number of amides is 1. The fourth-order valence-electron chi connectivity index (χ4n) is 2.86. The average Bonchev–Trinajstić information content (AvgIpc) is 2.40. The summed E-state index contributed by atoms with van der Waals surface area (Å²) in [7, 11) is 0. The number of nitrogens with zero attached hydrogens (tertiary/aromatic N) is 1. The van der Waals surface area contributed by atoms with Crippen molar-refractivity contribution in [2.45, 2.75) is 45.2 Å². The molecule has 0 aliphatic carbocycles. The summed E-state index contributed by atoms with van der Waals surface area (Å²) in [6, 6.07) is 1.12. The predicted octanol–water partition coefficient (Wildman–Crippen LogP) is 3.07. The number of likely N-dealkylation sites (tertiary alicyclic amines) is 1. The molecule has 114 valence electrons. The maximum atomic E-state index is 13.4. The minimum atomic E-state index is -1.45. The van der Waals surface area contributed by atoms with Crippen LogP contribution in [0.25, 0.3) is 0 Å². The monoisotopic (exact) mass is 297 g/mol. The van der Waals surface area contributed by atoms with Crippen molar-refractivity contribution in [2.24, 2.45) is 0 Å². The maximum Gasteiger partial charge on any atom is 0.336 e. The summed E-state index contributed by atoms with van der Waals surface area (Å²) in [5, 5.41) is 9.10. The number of hydrogen-bond acceptors (Lipinski definition) is 2. The third-order valence-corrected chi connectivity index (χ3v) is 3.95. The highest BCUT2D eigenvalue weighted by atomic mass is 19.2. The standard InChI is InChI=1S/C15H17F2NO3/c1-8-4-3-5-9(2)18(8)14(19)10-6-12(16)13(17)7-11(10)15(20)21/h6-9H,3-5H2,1-2H3,(H,20,21)/t8-,9+. The summed E-state index contributed by atoms with van der Waals surface area (Å²) in [5.41, 5.74) is -0.814. The molecule has 0 aromatic heterocycles. The number of carbonyl (C=O) groups excluding carboxylic acids is 1. The molecule has 1 amide bonds. The molecule has 0 radical (unpaired) electrons. The van der Waals surface area contributed by atoms with Crippen LogP contribution in [0.5, 0.6) is 0 Å². The number of benzene rings is 1. The minimum absolute atomic E-state index is 0.0593. The van der Waals surface area contributed by atoms with Gasteiger partial charge in [0.2, 0.25) is 0 Å². The first-order chi connectivity index (χ1) is 9.82. The zero-order chi connectivity index (χ0) is 15.7. The van der Waals surface area contributed by atoms with Crippen molar-refractivity contribution in [3.05, 3.63) is 34.9 Å². The Balaban J connectivity index is 2.47. The summed E-state index contributed by atoms with van der Waals surface area (Å²) in [5.74, 6) is -4.51. The number of halogens is 2. The molecular formula is C15H17F2NO3. The largest absolute Gasteiger partial charge is 0.478 e. The molecule has 4 nitrogen and oxygen atoms in total. The number of carbonyl (C=O) groups is 2. The Bertz CT molecular complexity index is 579. The molecule has 6 heteroatoms. The highest BCUT2D eigenvalue weighted by Gasteiger charge is 2.32. The van der Waals surface area contributed by atoms with Gasteiger partial charge in [-0.3, -0.25) is 4.79 Å². The molecule has 1 aromatic rings. The summed E-state index contributed by atoms with van der Waals surface area (Å²) < 4.78 is 26.6. The topological polar surface area (TPSA) is 57.6 Å². The SMILES string of the molecule is C[C@@H]1CCC[C@H](C)N1C(=O)c1cc(F)c(F)cc1C(=O)O. The van der Waals surface area contributed by atoms with Crippen LogP contribution < -0.4 is 0 Å². The second-order valence-electron chi connectivity index (χ2n) is 5.46. The van der Waals surface area contributed by atoms with E-state index >= 15 is 0 Å². The number of piperidine rings is 1. The van der Waals surface area contributed by atoms with Crippen molar-refractivity contribution < 1.29 is 23.5 Å². The molecule has 0 bridgehead atoms. The number of hydrogen-bond donors (Lipinski definition) is 1. The van der Waals surface area contributed by atoms with Crippen molar-refractivity contribution in [3.63, 3.8) is 0 Å². The van der Waals surface area contributed by atoms with Gasteiger partial charge in [0.25, 0.3) is 5.91 Å². The minimum Gasteiger partial charge on any atom is -0.478 e. The van der Waals surface area contributed by atoms with Gasteiger partial charge in [-0.1, -0.05) is 0 Å². The molecule has 21 heavy (non-hydrogen) atoms. The lowest BCUT2D eigenvalue weighted by molar-refractivity contribution is 0.0500. The first-order valence-electron chi connectivity index (χ1n) is 6.88. The molecule has 1 N–H and O–H groups in total. The molecule has 0 unspecified atom stereocenters. The van der Waals surface area contributed by atoms with E-state index in [9.17, 15) is 18.4 Å². The Hall–Kier alpha value is -1.98. The van der Waals surface area contributed by atoms with Crippen molar-refractivity contribution >= 4 is 11.9 Å². The van der Waals surface area contributed by atoms with Crippen LogP contribution in [-0.4, -0.2) is 34.0 Å². The molecule has 0 spiro atoms. The lowest BCUT2D eigenvalue weighted by Crippen LogP contribution is -2.47. The van der Waals surface area contributed by atoms with Crippen molar-refractivity contribution in [2.75, 3.05) is 0 Å². The summed E-state index contributed by atoms with van der Waals surface area (Å²) in [6.45, 7) is 3.74. The smallest absolute Gasteiger partial charge is 0.336 e. The van der Waals surface area contributed by atoms with Crippen molar-refractivity contribution in [3.8, 4) is 0 Å². The van der Waals surface area contributed by atoms with E-state index in [1.165, 1.54) is 0 Å². The molecule has 2 rings (SSSR count). The Labute approximate surface area is 121 Å². The van der Waals surface area contributed by atoms with Crippen LogP contribution >= 0.6 is 0 Å². The Kier molecular flexibility index (Phi) is 4.25. The van der Waals surface area contributed by atoms with Crippen LogP contribution in [-0.2, 0) is 0 Å². The Morgan fingerprint density at radius 2 is 1.57 bits per heavy atom. The van der Waals surface area contributed by atoms with E-state index in [4.69, 9.17) is 5.11 Å². The van der Waals surface area contributed by atoms with E-state index < -0.39 is 29.1 Å². The highest BCUT2D eigenvalue weighted by Crippen LogP contribution is 2.26. The van der Waals surface area contributed by atoms with Crippen molar-refractivity contribution in [1.82, 2.24) is 4.90 Å². The first kappa shape index (κ1) is 15.4. The number of aromatic carboxylic acids is 1. The average molecular weight is 297 g/mol. The van der Waals surface area contributed by atoms with Crippen LogP contribution in [0.1, 0.15) is 53.8 Å². The molecule has 2 atom stereocenters. The van der Waals surface area contributed by atoms with Crippen LogP contribution in [0.3, 0.4) is 0 Å². The first-order valence-corrected chi connectivity index (χ1v) is 6.88. The number of rotatable bonds is 2. The molecule has 1 aliphatic heterocycles. The quantitative estimate of drug-likeness (QED) is 0.912. The fourth-order valence-corrected chi connectivity index (χ4v) is 2.86. The van der Waals surface area contributed by atoms with Gasteiger partial charge < -0.3 is 10.0 Å². The van der Waals surface area contributed by atoms with E-state index in [1.807, 2.05) is 13.8 Å². The second kappa shape index (κ2) is 5.79. The molecule has 1 heterocycles. The Morgan fingerprint density at radius 3 is 2.05 bits per heavy atom.